The fourth-order valence-electron chi connectivity index (χ4n) is 3.91. The number of ether oxygens (including phenoxy) is 2. The number of pyridine rings is 1. The monoisotopic (exact) mass is 455 g/mol. The SMILES string of the molecule is Cc1c(-c2ccccc2Cl)noc1-c1nc2c(C#N)c(-c3ccc4c(c3)OCO4)ccn2n1. The third-order valence-corrected chi connectivity index (χ3v) is 5.89. The van der Waals surface area contributed by atoms with Gasteiger partial charge in [0.2, 0.25) is 18.4 Å². The van der Waals surface area contributed by atoms with Crippen molar-refractivity contribution in [3.05, 3.63) is 70.9 Å². The Kier molecular flexibility index (Phi) is 4.31. The van der Waals surface area contributed by atoms with E-state index in [-0.39, 0.29) is 6.79 Å². The first kappa shape index (κ1) is 19.3. The molecule has 0 unspecified atom stereocenters. The Morgan fingerprint density at radius 2 is 1.91 bits per heavy atom. The summed E-state index contributed by atoms with van der Waals surface area (Å²) in [6.07, 6.45) is 1.76. The van der Waals surface area contributed by atoms with E-state index in [9.17, 15) is 5.26 Å². The molecular weight excluding hydrogens is 442 g/mol. The number of fused-ring (bicyclic) bond motifs is 2. The molecule has 6 rings (SSSR count). The van der Waals surface area contributed by atoms with Crippen molar-refractivity contribution in [2.75, 3.05) is 6.79 Å². The first-order valence-corrected chi connectivity index (χ1v) is 10.4. The lowest BCUT2D eigenvalue weighted by atomic mass is 10.0. The second kappa shape index (κ2) is 7.36. The van der Waals surface area contributed by atoms with Gasteiger partial charge >= 0.3 is 0 Å². The zero-order valence-electron chi connectivity index (χ0n) is 17.2. The normalized spacial score (nSPS) is 12.3. The van der Waals surface area contributed by atoms with Crippen LogP contribution < -0.4 is 9.47 Å². The van der Waals surface area contributed by atoms with E-state index in [2.05, 4.69) is 21.3 Å². The average molecular weight is 456 g/mol. The number of halogens is 1. The van der Waals surface area contributed by atoms with Crippen LogP contribution in [0.25, 0.3) is 39.6 Å². The molecule has 0 spiro atoms. The molecule has 9 heteroatoms. The minimum Gasteiger partial charge on any atom is -0.454 e. The number of nitrogens with zero attached hydrogens (tertiary/aromatic N) is 5. The van der Waals surface area contributed by atoms with Crippen LogP contribution in [0.1, 0.15) is 11.1 Å². The van der Waals surface area contributed by atoms with E-state index in [0.29, 0.717) is 50.6 Å². The Bertz CT molecular complexity index is 1600. The highest BCUT2D eigenvalue weighted by molar-refractivity contribution is 6.33. The minimum absolute atomic E-state index is 0.184. The maximum Gasteiger partial charge on any atom is 0.231 e. The van der Waals surface area contributed by atoms with Gasteiger partial charge in [-0.1, -0.05) is 41.0 Å². The molecule has 0 radical (unpaired) electrons. The Labute approximate surface area is 192 Å². The third kappa shape index (κ3) is 3.02. The first-order chi connectivity index (χ1) is 16.1. The largest absolute Gasteiger partial charge is 0.454 e. The van der Waals surface area contributed by atoms with Crippen LogP contribution in [0.4, 0.5) is 0 Å². The molecule has 8 nitrogen and oxygen atoms in total. The summed E-state index contributed by atoms with van der Waals surface area (Å²) in [5.74, 6) is 2.07. The van der Waals surface area contributed by atoms with Crippen LogP contribution in [0.3, 0.4) is 0 Å². The third-order valence-electron chi connectivity index (χ3n) is 5.56. The van der Waals surface area contributed by atoms with Gasteiger partial charge in [-0.2, -0.15) is 5.26 Å². The van der Waals surface area contributed by atoms with Gasteiger partial charge in [-0.25, -0.2) is 9.50 Å². The molecule has 33 heavy (non-hydrogen) atoms. The zero-order valence-corrected chi connectivity index (χ0v) is 18.0. The van der Waals surface area contributed by atoms with Crippen LogP contribution in [0.5, 0.6) is 11.5 Å². The van der Waals surface area contributed by atoms with Crippen molar-refractivity contribution in [2.45, 2.75) is 6.92 Å². The fourth-order valence-corrected chi connectivity index (χ4v) is 4.13. The number of benzene rings is 2. The Morgan fingerprint density at radius 3 is 2.76 bits per heavy atom. The molecule has 0 atom stereocenters. The molecule has 1 aliphatic heterocycles. The van der Waals surface area contributed by atoms with Crippen LogP contribution >= 0.6 is 11.6 Å². The molecule has 0 N–H and O–H groups in total. The van der Waals surface area contributed by atoms with Crippen LogP contribution in [0, 0.1) is 18.3 Å². The van der Waals surface area contributed by atoms with Crippen LogP contribution in [0.2, 0.25) is 5.02 Å². The smallest absolute Gasteiger partial charge is 0.231 e. The van der Waals surface area contributed by atoms with Gasteiger partial charge in [0, 0.05) is 22.9 Å². The minimum atomic E-state index is 0.184. The summed E-state index contributed by atoms with van der Waals surface area (Å²) in [5.41, 5.74) is 4.48. The number of hydrogen-bond acceptors (Lipinski definition) is 7. The predicted octanol–water partition coefficient (Wildman–Crippen LogP) is 5.28. The summed E-state index contributed by atoms with van der Waals surface area (Å²) in [7, 11) is 0. The standard InChI is InChI=1S/C24H14ClN5O3/c1-13-21(16-4-2-3-5-18(16)25)29-33-22(13)23-27-24-17(11-26)15(8-9-30(24)28-23)14-6-7-19-20(10-14)32-12-31-19/h2-10H,12H2,1H3. The van der Waals surface area contributed by atoms with Crippen LogP contribution in [-0.4, -0.2) is 26.5 Å². The predicted molar refractivity (Wildman–Crippen MR) is 120 cm³/mol. The van der Waals surface area contributed by atoms with Gasteiger partial charge in [0.25, 0.3) is 0 Å². The van der Waals surface area contributed by atoms with Crippen molar-refractivity contribution in [1.29, 1.82) is 5.26 Å². The molecule has 1 aliphatic rings. The summed E-state index contributed by atoms with van der Waals surface area (Å²) in [4.78, 5) is 4.61. The van der Waals surface area contributed by atoms with Gasteiger partial charge < -0.3 is 14.0 Å². The van der Waals surface area contributed by atoms with Gasteiger partial charge in [-0.3, -0.25) is 0 Å². The van der Waals surface area contributed by atoms with E-state index in [1.807, 2.05) is 49.4 Å². The van der Waals surface area contributed by atoms with Crippen molar-refractivity contribution < 1.29 is 14.0 Å². The summed E-state index contributed by atoms with van der Waals surface area (Å²) >= 11 is 6.33. The van der Waals surface area contributed by atoms with Crippen molar-refractivity contribution in [2.24, 2.45) is 0 Å². The van der Waals surface area contributed by atoms with E-state index >= 15 is 0 Å². The average Bonchev–Trinajstić information content (AvgIpc) is 3.56. The fraction of sp³-hybridized carbons (Fsp3) is 0.0833. The molecular formula is C24H14ClN5O3. The summed E-state index contributed by atoms with van der Waals surface area (Å²) in [6.45, 7) is 2.06. The van der Waals surface area contributed by atoms with Crippen molar-refractivity contribution in [3.63, 3.8) is 0 Å². The molecule has 2 aromatic carbocycles. The highest BCUT2D eigenvalue weighted by Crippen LogP contribution is 2.38. The second-order valence-corrected chi connectivity index (χ2v) is 7.86. The summed E-state index contributed by atoms with van der Waals surface area (Å²) in [6, 6.07) is 17.1. The van der Waals surface area contributed by atoms with Gasteiger partial charge in [-0.15, -0.1) is 5.10 Å². The van der Waals surface area contributed by atoms with Gasteiger partial charge in [0.15, 0.2) is 17.1 Å². The molecule has 0 fully saturated rings. The van der Waals surface area contributed by atoms with Crippen molar-refractivity contribution >= 4 is 17.2 Å². The number of nitriles is 1. The lowest BCUT2D eigenvalue weighted by molar-refractivity contribution is 0.174. The van der Waals surface area contributed by atoms with E-state index in [1.165, 1.54) is 0 Å². The molecule has 4 heterocycles. The Balaban J connectivity index is 1.47. The van der Waals surface area contributed by atoms with Crippen LogP contribution in [-0.2, 0) is 0 Å². The Morgan fingerprint density at radius 1 is 1.06 bits per heavy atom. The summed E-state index contributed by atoms with van der Waals surface area (Å²) in [5, 5.41) is 19.2. The highest BCUT2D eigenvalue weighted by Gasteiger charge is 2.23. The number of rotatable bonds is 3. The number of aromatic nitrogens is 4. The summed E-state index contributed by atoms with van der Waals surface area (Å²) < 4.78 is 18.0. The molecule has 0 amide bonds. The Hall–Kier alpha value is -4.35. The molecule has 160 valence electrons. The van der Waals surface area contributed by atoms with Crippen molar-refractivity contribution in [1.82, 2.24) is 19.8 Å². The quantitative estimate of drug-likeness (QED) is 0.365. The molecule has 0 aliphatic carbocycles. The lowest BCUT2D eigenvalue weighted by Crippen LogP contribution is -1.94. The van der Waals surface area contributed by atoms with E-state index < -0.39 is 0 Å². The lowest BCUT2D eigenvalue weighted by Gasteiger charge is -2.06. The van der Waals surface area contributed by atoms with E-state index in [4.69, 9.17) is 25.6 Å². The van der Waals surface area contributed by atoms with Gasteiger partial charge in [0.1, 0.15) is 17.3 Å². The molecule has 0 saturated heterocycles. The molecule has 5 aromatic rings. The first-order valence-electron chi connectivity index (χ1n) is 10.0. The molecule has 0 bridgehead atoms. The molecule has 0 saturated carbocycles. The van der Waals surface area contributed by atoms with Crippen molar-refractivity contribution in [3.8, 4) is 51.5 Å². The van der Waals surface area contributed by atoms with E-state index in [1.54, 1.807) is 16.8 Å². The topological polar surface area (TPSA) is 98.5 Å². The maximum absolute atomic E-state index is 9.95. The van der Waals surface area contributed by atoms with Gasteiger partial charge in [-0.05, 0) is 36.8 Å². The zero-order chi connectivity index (χ0) is 22.5. The van der Waals surface area contributed by atoms with Gasteiger partial charge in [0.05, 0.1) is 5.02 Å². The second-order valence-electron chi connectivity index (χ2n) is 7.45. The number of hydrogen-bond donors (Lipinski definition) is 0. The van der Waals surface area contributed by atoms with E-state index in [0.717, 1.165) is 16.7 Å². The highest BCUT2D eigenvalue weighted by atomic mass is 35.5. The van der Waals surface area contributed by atoms with Crippen LogP contribution in [0.15, 0.2) is 59.3 Å². The maximum atomic E-state index is 9.95. The molecule has 3 aromatic heterocycles.